The smallest absolute Gasteiger partial charge is 0.240 e. The molecule has 4 aromatic carbocycles. The largest absolute Gasteiger partial charge is 0.454 e. The zero-order valence-corrected chi connectivity index (χ0v) is 25.7. The topological polar surface area (TPSA) is 70.8 Å². The highest BCUT2D eigenvalue weighted by Crippen LogP contribution is 2.53. The van der Waals surface area contributed by atoms with E-state index >= 15 is 0 Å². The van der Waals surface area contributed by atoms with Crippen LogP contribution in [0.4, 0.5) is 11.4 Å². The predicted molar refractivity (Wildman–Crippen MR) is 177 cm³/mol. The number of Topliss-reactive ketones (excluding diaryl/α,β-unsaturated/α-hetero) is 1. The summed E-state index contributed by atoms with van der Waals surface area (Å²) in [7, 11) is 0. The van der Waals surface area contributed by atoms with E-state index in [4.69, 9.17) is 16.0 Å². The molecule has 2 fully saturated rings. The number of hydrogen-bond acceptors (Lipinski definition) is 5. The minimum Gasteiger partial charge on any atom is -0.454 e. The van der Waals surface area contributed by atoms with Crippen molar-refractivity contribution in [2.75, 3.05) is 9.80 Å². The van der Waals surface area contributed by atoms with Crippen LogP contribution in [-0.4, -0.2) is 29.7 Å². The Balaban J connectivity index is 1.33. The maximum atomic E-state index is 14.6. The molecule has 6 nitrogen and oxygen atoms in total. The second kappa shape index (κ2) is 10.0. The number of furan rings is 1. The van der Waals surface area contributed by atoms with Gasteiger partial charge in [-0.2, -0.15) is 0 Å². The number of imide groups is 1. The van der Waals surface area contributed by atoms with E-state index in [0.717, 1.165) is 27.6 Å². The number of benzene rings is 4. The number of aryl methyl sites for hydroxylation is 3. The first-order chi connectivity index (χ1) is 21.7. The first-order valence-corrected chi connectivity index (χ1v) is 15.4. The van der Waals surface area contributed by atoms with Crippen LogP contribution in [0.25, 0.3) is 28.4 Å². The van der Waals surface area contributed by atoms with Crippen molar-refractivity contribution >= 4 is 57.6 Å². The quantitative estimate of drug-likeness (QED) is 0.152. The van der Waals surface area contributed by atoms with Crippen LogP contribution in [0, 0.1) is 32.6 Å². The number of nitrogens with zero attached hydrogens (tertiary/aromatic N) is 2. The summed E-state index contributed by atoms with van der Waals surface area (Å²) in [4.78, 5) is 46.6. The van der Waals surface area contributed by atoms with Crippen LogP contribution in [0.2, 0.25) is 5.02 Å². The first kappa shape index (κ1) is 27.6. The number of amides is 2. The lowest BCUT2D eigenvalue weighted by Crippen LogP contribution is -2.49. The molecule has 2 amide bonds. The lowest BCUT2D eigenvalue weighted by molar-refractivity contribution is -0.122. The van der Waals surface area contributed by atoms with E-state index in [1.54, 1.807) is 18.2 Å². The molecule has 0 radical (unpaired) electrons. The van der Waals surface area contributed by atoms with Gasteiger partial charge in [-0.05, 0) is 56.2 Å². The fourth-order valence-electron chi connectivity index (χ4n) is 7.23. The summed E-state index contributed by atoms with van der Waals surface area (Å²) in [5.74, 6) is -1.90. The van der Waals surface area contributed by atoms with Crippen LogP contribution < -0.4 is 9.80 Å². The molecule has 3 aliphatic heterocycles. The van der Waals surface area contributed by atoms with Gasteiger partial charge in [0.2, 0.25) is 11.8 Å². The van der Waals surface area contributed by atoms with Crippen molar-refractivity contribution in [3.63, 3.8) is 0 Å². The Morgan fingerprint density at radius 2 is 1.56 bits per heavy atom. The van der Waals surface area contributed by atoms with Gasteiger partial charge in [0.15, 0.2) is 11.4 Å². The summed E-state index contributed by atoms with van der Waals surface area (Å²) in [6, 6.07) is 25.0. The van der Waals surface area contributed by atoms with Crippen LogP contribution in [-0.2, 0) is 9.59 Å². The Morgan fingerprint density at radius 1 is 0.822 bits per heavy atom. The molecule has 0 aliphatic carbocycles. The van der Waals surface area contributed by atoms with Crippen molar-refractivity contribution in [3.05, 3.63) is 124 Å². The zero-order chi connectivity index (χ0) is 31.1. The van der Waals surface area contributed by atoms with E-state index in [0.29, 0.717) is 38.9 Å². The predicted octanol–water partition coefficient (Wildman–Crippen LogP) is 7.95. The first-order valence-electron chi connectivity index (χ1n) is 15.1. The summed E-state index contributed by atoms with van der Waals surface area (Å²) in [5, 5.41) is 1.28. The molecule has 1 aromatic heterocycles. The van der Waals surface area contributed by atoms with Gasteiger partial charge >= 0.3 is 0 Å². The maximum absolute atomic E-state index is 14.6. The van der Waals surface area contributed by atoms with Gasteiger partial charge in [-0.1, -0.05) is 90.0 Å². The molecule has 0 saturated carbocycles. The number of anilines is 2. The average Bonchev–Trinajstić information content (AvgIpc) is 3.69. The molecule has 3 aliphatic rings. The number of rotatable bonds is 4. The Kier molecular flexibility index (Phi) is 6.16. The van der Waals surface area contributed by atoms with Crippen molar-refractivity contribution in [2.45, 2.75) is 32.9 Å². The molecule has 0 bridgehead atoms. The molecule has 222 valence electrons. The molecule has 4 heterocycles. The number of halogens is 1. The fourth-order valence-corrected chi connectivity index (χ4v) is 7.50. The van der Waals surface area contributed by atoms with Gasteiger partial charge in [0.05, 0.1) is 34.3 Å². The minimum absolute atomic E-state index is 0.222. The molecule has 8 rings (SSSR count). The lowest BCUT2D eigenvalue weighted by atomic mass is 9.86. The van der Waals surface area contributed by atoms with Crippen LogP contribution in [0.3, 0.4) is 0 Å². The number of ketones is 1. The summed E-state index contributed by atoms with van der Waals surface area (Å²) in [5.41, 5.74) is 6.87. The van der Waals surface area contributed by atoms with E-state index < -0.39 is 23.9 Å². The Hall–Kier alpha value is -4.94. The molecule has 7 heteroatoms. The van der Waals surface area contributed by atoms with E-state index in [9.17, 15) is 14.4 Å². The van der Waals surface area contributed by atoms with Gasteiger partial charge in [0.25, 0.3) is 0 Å². The van der Waals surface area contributed by atoms with E-state index in [2.05, 4.69) is 0 Å². The standard InChI is InChI=1S/C38H29ClN2O4/c1-20-9-12-24(13-10-20)35(42)34-32-31(37(43)40(38(32)44)26-14-11-21(2)22(3)17-26)29-16-15-27-28(39)18-25-19-30(23-7-5-4-6-8-23)45-36(25)33(27)41(29)34/h4-19,29,31-32,34H,1-3H3. The minimum atomic E-state index is -0.952. The van der Waals surface area contributed by atoms with Crippen LogP contribution in [0.5, 0.6) is 0 Å². The molecular weight excluding hydrogens is 584 g/mol. The molecular formula is C38H29ClN2O4. The maximum Gasteiger partial charge on any atom is 0.240 e. The van der Waals surface area contributed by atoms with Crippen molar-refractivity contribution in [3.8, 4) is 11.3 Å². The van der Waals surface area contributed by atoms with Crippen LogP contribution in [0.15, 0.2) is 95.4 Å². The molecule has 4 unspecified atom stereocenters. The second-order valence-corrected chi connectivity index (χ2v) is 12.7. The highest BCUT2D eigenvalue weighted by molar-refractivity contribution is 6.34. The molecule has 4 atom stereocenters. The van der Waals surface area contributed by atoms with E-state index in [-0.39, 0.29) is 17.6 Å². The molecule has 5 aromatic rings. The van der Waals surface area contributed by atoms with Crippen LogP contribution in [0.1, 0.15) is 32.6 Å². The van der Waals surface area contributed by atoms with Gasteiger partial charge in [0.1, 0.15) is 11.8 Å². The fraction of sp³-hybridized carbons (Fsp3) is 0.184. The van der Waals surface area contributed by atoms with Crippen molar-refractivity contribution in [2.24, 2.45) is 11.8 Å². The van der Waals surface area contributed by atoms with Crippen molar-refractivity contribution in [1.82, 2.24) is 0 Å². The number of hydrogen-bond donors (Lipinski definition) is 0. The summed E-state index contributed by atoms with van der Waals surface area (Å²) >= 11 is 6.89. The van der Waals surface area contributed by atoms with Crippen molar-refractivity contribution < 1.29 is 18.8 Å². The number of fused-ring (bicyclic) bond motifs is 7. The highest BCUT2D eigenvalue weighted by Gasteiger charge is 2.64. The Labute approximate surface area is 265 Å². The van der Waals surface area contributed by atoms with Gasteiger partial charge in [-0.15, -0.1) is 0 Å². The summed E-state index contributed by atoms with van der Waals surface area (Å²) < 4.78 is 6.53. The lowest BCUT2D eigenvalue weighted by Gasteiger charge is -2.36. The van der Waals surface area contributed by atoms with Gasteiger partial charge < -0.3 is 9.32 Å². The summed E-state index contributed by atoms with van der Waals surface area (Å²) in [6.45, 7) is 5.91. The second-order valence-electron chi connectivity index (χ2n) is 12.3. The Bertz CT molecular complexity index is 2100. The molecule has 0 N–H and O–H groups in total. The van der Waals surface area contributed by atoms with Crippen LogP contribution >= 0.6 is 11.6 Å². The third-order valence-corrected chi connectivity index (χ3v) is 9.94. The molecule has 45 heavy (non-hydrogen) atoms. The normalized spacial score (nSPS) is 21.8. The van der Waals surface area contributed by atoms with E-state index in [1.165, 1.54) is 4.90 Å². The molecule has 2 saturated heterocycles. The van der Waals surface area contributed by atoms with Gasteiger partial charge in [-0.3, -0.25) is 14.4 Å². The van der Waals surface area contributed by atoms with Crippen molar-refractivity contribution in [1.29, 1.82) is 0 Å². The third kappa shape index (κ3) is 4.05. The monoisotopic (exact) mass is 612 g/mol. The van der Waals surface area contributed by atoms with Gasteiger partial charge in [-0.25, -0.2) is 4.90 Å². The SMILES string of the molecule is Cc1ccc(C(=O)C2C3C(=O)N(c4ccc(C)c(C)c4)C(=O)C3C3C=Cc4c(Cl)cc5cc(-c6ccccc6)oc5c4N32)cc1. The average molecular weight is 613 g/mol. The van der Waals surface area contributed by atoms with Gasteiger partial charge in [0, 0.05) is 22.1 Å². The third-order valence-electron chi connectivity index (χ3n) is 9.63. The highest BCUT2D eigenvalue weighted by atomic mass is 35.5. The summed E-state index contributed by atoms with van der Waals surface area (Å²) in [6.07, 6.45) is 3.81. The number of carbonyl (C=O) groups is 3. The van der Waals surface area contributed by atoms with E-state index in [1.807, 2.05) is 105 Å². The molecule has 0 spiro atoms. The zero-order valence-electron chi connectivity index (χ0n) is 25.0. The number of carbonyl (C=O) groups excluding carboxylic acids is 3. The Morgan fingerprint density at radius 3 is 2.29 bits per heavy atom.